The summed E-state index contributed by atoms with van der Waals surface area (Å²) >= 11 is 0. The van der Waals surface area contributed by atoms with Gasteiger partial charge in [0.25, 0.3) is 0 Å². The zero-order valence-corrected chi connectivity index (χ0v) is 15.0. The van der Waals surface area contributed by atoms with Crippen molar-refractivity contribution in [1.29, 1.82) is 0 Å². The van der Waals surface area contributed by atoms with E-state index in [-0.39, 0.29) is 0 Å². The van der Waals surface area contributed by atoms with Gasteiger partial charge in [-0.1, -0.05) is 0 Å². The number of ether oxygens (including phenoxy) is 2. The minimum Gasteiger partial charge on any atom is -0.493 e. The highest BCUT2D eigenvalue weighted by atomic mass is 16.5. The molecule has 2 heterocycles. The van der Waals surface area contributed by atoms with Gasteiger partial charge in [0.2, 0.25) is 0 Å². The number of hydrogen-bond acceptors (Lipinski definition) is 7. The van der Waals surface area contributed by atoms with Crippen molar-refractivity contribution in [2.75, 3.05) is 38.8 Å². The van der Waals surface area contributed by atoms with Crippen LogP contribution in [0.25, 0.3) is 10.9 Å². The molecule has 1 unspecified atom stereocenters. The molecular weight excluding hydrogens is 318 g/mol. The number of nitrogens with two attached hydrogens (primary N) is 1. The summed E-state index contributed by atoms with van der Waals surface area (Å²) in [5.74, 6) is 8.49. The van der Waals surface area contributed by atoms with E-state index in [2.05, 4.69) is 20.3 Å². The van der Waals surface area contributed by atoms with E-state index in [1.54, 1.807) is 20.5 Å². The first-order valence-electron chi connectivity index (χ1n) is 8.82. The minimum absolute atomic E-state index is 0.685. The Balaban J connectivity index is 1.87. The maximum Gasteiger partial charge on any atom is 0.162 e. The monoisotopic (exact) mass is 345 g/mol. The Morgan fingerprint density at radius 2 is 1.96 bits per heavy atom. The molecule has 136 valence electrons. The fourth-order valence-electron chi connectivity index (χ4n) is 3.57. The second kappa shape index (κ2) is 8.31. The van der Waals surface area contributed by atoms with Crippen molar-refractivity contribution in [1.82, 2.24) is 15.4 Å². The van der Waals surface area contributed by atoms with Gasteiger partial charge in [0.05, 0.1) is 19.7 Å². The predicted molar refractivity (Wildman–Crippen MR) is 99.0 cm³/mol. The number of anilines is 1. The summed E-state index contributed by atoms with van der Waals surface area (Å²) in [6.07, 6.45) is 6.30. The molecule has 1 atom stereocenters. The smallest absolute Gasteiger partial charge is 0.162 e. The topological polar surface area (TPSA) is 85.5 Å². The lowest BCUT2D eigenvalue weighted by atomic mass is 9.97. The standard InChI is InChI=1S/C18H27N5O2/c1-24-16-10-14-15(11-17(16)25-2)20-12-21-18(14)23-8-3-4-13(6-9-23)5-7-22-19/h10-13,22H,3-9,19H2,1-2H3. The third-order valence-electron chi connectivity index (χ3n) is 4.96. The summed E-state index contributed by atoms with van der Waals surface area (Å²) in [5.41, 5.74) is 3.64. The molecule has 1 aromatic heterocycles. The number of aromatic nitrogens is 2. The fourth-order valence-corrected chi connectivity index (χ4v) is 3.57. The van der Waals surface area contributed by atoms with Crippen LogP contribution in [0.1, 0.15) is 25.7 Å². The van der Waals surface area contributed by atoms with Gasteiger partial charge in [-0.3, -0.25) is 11.3 Å². The number of nitrogens with zero attached hydrogens (tertiary/aromatic N) is 3. The number of benzene rings is 1. The van der Waals surface area contributed by atoms with Crippen LogP contribution in [0, 0.1) is 5.92 Å². The first-order valence-corrected chi connectivity index (χ1v) is 8.82. The first kappa shape index (κ1) is 17.7. The quantitative estimate of drug-likeness (QED) is 0.612. The van der Waals surface area contributed by atoms with Gasteiger partial charge in [-0.2, -0.15) is 0 Å². The molecular formula is C18H27N5O2. The molecule has 1 fully saturated rings. The predicted octanol–water partition coefficient (Wildman–Crippen LogP) is 2.11. The van der Waals surface area contributed by atoms with Crippen molar-refractivity contribution in [3.8, 4) is 11.5 Å². The van der Waals surface area contributed by atoms with Crippen LogP contribution in [-0.2, 0) is 0 Å². The van der Waals surface area contributed by atoms with Crippen LogP contribution < -0.4 is 25.6 Å². The summed E-state index contributed by atoms with van der Waals surface area (Å²) in [7, 11) is 3.28. The van der Waals surface area contributed by atoms with Gasteiger partial charge in [-0.25, -0.2) is 9.97 Å². The molecule has 0 aliphatic carbocycles. The second-order valence-corrected chi connectivity index (χ2v) is 6.45. The molecule has 7 nitrogen and oxygen atoms in total. The summed E-state index contributed by atoms with van der Waals surface area (Å²) < 4.78 is 10.8. The van der Waals surface area contributed by atoms with E-state index in [9.17, 15) is 0 Å². The molecule has 1 saturated heterocycles. The Kier molecular flexibility index (Phi) is 5.88. The van der Waals surface area contributed by atoms with Gasteiger partial charge < -0.3 is 14.4 Å². The molecule has 7 heteroatoms. The van der Waals surface area contributed by atoms with Crippen molar-refractivity contribution >= 4 is 16.7 Å². The van der Waals surface area contributed by atoms with Crippen LogP contribution in [-0.4, -0.2) is 43.8 Å². The number of fused-ring (bicyclic) bond motifs is 1. The Labute approximate surface area is 148 Å². The number of nitrogens with one attached hydrogen (secondary N) is 1. The van der Waals surface area contributed by atoms with Gasteiger partial charge in [0.15, 0.2) is 11.5 Å². The molecule has 1 aliphatic heterocycles. The summed E-state index contributed by atoms with van der Waals surface area (Å²) in [5, 5.41) is 1.00. The number of methoxy groups -OCH3 is 2. The van der Waals surface area contributed by atoms with Crippen LogP contribution >= 0.6 is 0 Å². The molecule has 25 heavy (non-hydrogen) atoms. The highest BCUT2D eigenvalue weighted by Crippen LogP contribution is 2.35. The van der Waals surface area contributed by atoms with E-state index in [0.29, 0.717) is 17.4 Å². The molecule has 0 bridgehead atoms. The lowest BCUT2D eigenvalue weighted by Crippen LogP contribution is -2.26. The third-order valence-corrected chi connectivity index (χ3v) is 4.96. The highest BCUT2D eigenvalue weighted by molar-refractivity contribution is 5.92. The van der Waals surface area contributed by atoms with Gasteiger partial charge in [-0.05, 0) is 37.7 Å². The summed E-state index contributed by atoms with van der Waals surface area (Å²) in [6, 6.07) is 3.89. The second-order valence-electron chi connectivity index (χ2n) is 6.45. The van der Waals surface area contributed by atoms with Crippen LogP contribution in [0.5, 0.6) is 11.5 Å². The molecule has 3 rings (SSSR count). The van der Waals surface area contributed by atoms with Crippen LogP contribution in [0.3, 0.4) is 0 Å². The first-order chi connectivity index (χ1) is 12.3. The molecule has 1 aliphatic rings. The van der Waals surface area contributed by atoms with Gasteiger partial charge in [-0.15, -0.1) is 0 Å². The normalized spacial score (nSPS) is 18.2. The van der Waals surface area contributed by atoms with Crippen LogP contribution in [0.2, 0.25) is 0 Å². The SMILES string of the molecule is COc1cc2ncnc(N3CCCC(CCNN)CC3)c2cc1OC. The molecule has 0 amide bonds. The van der Waals surface area contributed by atoms with E-state index >= 15 is 0 Å². The van der Waals surface area contributed by atoms with E-state index in [1.165, 1.54) is 6.42 Å². The number of hydrazine groups is 1. The molecule has 3 N–H and O–H groups in total. The summed E-state index contributed by atoms with van der Waals surface area (Å²) in [4.78, 5) is 11.3. The van der Waals surface area contributed by atoms with Crippen LogP contribution in [0.15, 0.2) is 18.5 Å². The van der Waals surface area contributed by atoms with Crippen molar-refractivity contribution in [2.24, 2.45) is 11.8 Å². The van der Waals surface area contributed by atoms with Gasteiger partial charge >= 0.3 is 0 Å². The lowest BCUT2D eigenvalue weighted by molar-refractivity contribution is 0.356. The number of rotatable bonds is 6. The van der Waals surface area contributed by atoms with E-state index in [1.807, 2.05) is 12.1 Å². The van der Waals surface area contributed by atoms with Crippen molar-refractivity contribution in [3.63, 3.8) is 0 Å². The fraction of sp³-hybridized carbons (Fsp3) is 0.556. The van der Waals surface area contributed by atoms with E-state index in [4.69, 9.17) is 15.3 Å². The molecule has 1 aromatic carbocycles. The van der Waals surface area contributed by atoms with Crippen molar-refractivity contribution < 1.29 is 9.47 Å². The molecule has 0 radical (unpaired) electrons. The van der Waals surface area contributed by atoms with E-state index in [0.717, 1.165) is 55.6 Å². The van der Waals surface area contributed by atoms with Gasteiger partial charge in [0.1, 0.15) is 12.1 Å². The highest BCUT2D eigenvalue weighted by Gasteiger charge is 2.20. The average molecular weight is 345 g/mol. The molecule has 0 saturated carbocycles. The Bertz CT molecular complexity index is 709. The molecule has 2 aromatic rings. The van der Waals surface area contributed by atoms with E-state index < -0.39 is 0 Å². The zero-order valence-electron chi connectivity index (χ0n) is 15.0. The largest absolute Gasteiger partial charge is 0.493 e. The summed E-state index contributed by atoms with van der Waals surface area (Å²) in [6.45, 7) is 2.88. The number of hydrogen-bond donors (Lipinski definition) is 2. The van der Waals surface area contributed by atoms with Crippen molar-refractivity contribution in [3.05, 3.63) is 18.5 Å². The Morgan fingerprint density at radius 1 is 1.16 bits per heavy atom. The van der Waals surface area contributed by atoms with Crippen molar-refractivity contribution in [2.45, 2.75) is 25.7 Å². The maximum atomic E-state index is 5.45. The third kappa shape index (κ3) is 3.93. The maximum absolute atomic E-state index is 5.45. The Hall–Kier alpha value is -2.12. The lowest BCUT2D eigenvalue weighted by Gasteiger charge is -2.23. The average Bonchev–Trinajstić information content (AvgIpc) is 2.90. The molecule has 0 spiro atoms. The minimum atomic E-state index is 0.685. The van der Waals surface area contributed by atoms with Gasteiger partial charge in [0, 0.05) is 31.1 Å². The Morgan fingerprint density at radius 3 is 2.72 bits per heavy atom. The zero-order chi connectivity index (χ0) is 17.6. The van der Waals surface area contributed by atoms with Crippen LogP contribution in [0.4, 0.5) is 5.82 Å².